The van der Waals surface area contributed by atoms with Gasteiger partial charge in [0.2, 0.25) is 0 Å². The van der Waals surface area contributed by atoms with E-state index in [0.717, 1.165) is 11.8 Å². The normalized spacial score (nSPS) is 26.9. The minimum absolute atomic E-state index is 0.544. The van der Waals surface area contributed by atoms with Gasteiger partial charge in [-0.15, -0.1) is 0 Å². The summed E-state index contributed by atoms with van der Waals surface area (Å²) in [5.41, 5.74) is 3.09. The zero-order valence-electron chi connectivity index (χ0n) is 11.8. The zero-order valence-corrected chi connectivity index (χ0v) is 12.6. The second-order valence-electron chi connectivity index (χ2n) is 5.19. The van der Waals surface area contributed by atoms with Crippen molar-refractivity contribution in [1.82, 2.24) is 5.32 Å². The first kappa shape index (κ1) is 14.0. The van der Waals surface area contributed by atoms with Gasteiger partial charge in [0, 0.05) is 11.3 Å². The highest BCUT2D eigenvalue weighted by atomic mass is 32.2. The first-order valence-electron chi connectivity index (χ1n) is 7.21. The van der Waals surface area contributed by atoms with Crippen LogP contribution in [0.2, 0.25) is 0 Å². The van der Waals surface area contributed by atoms with Gasteiger partial charge in [-0.25, -0.2) is 0 Å². The van der Waals surface area contributed by atoms with Gasteiger partial charge in [-0.3, -0.25) is 0 Å². The summed E-state index contributed by atoms with van der Waals surface area (Å²) >= 11 is 2.12. The van der Waals surface area contributed by atoms with Crippen molar-refractivity contribution < 1.29 is 0 Å². The molecule has 0 spiro atoms. The monoisotopic (exact) mass is 263 g/mol. The van der Waals surface area contributed by atoms with Gasteiger partial charge in [0.25, 0.3) is 0 Å². The molecule has 0 amide bonds. The first-order valence-corrected chi connectivity index (χ1v) is 8.26. The van der Waals surface area contributed by atoms with E-state index in [-0.39, 0.29) is 0 Å². The Morgan fingerprint density at radius 3 is 2.61 bits per heavy atom. The second kappa shape index (κ2) is 6.63. The van der Waals surface area contributed by atoms with E-state index >= 15 is 0 Å². The van der Waals surface area contributed by atoms with Crippen molar-refractivity contribution in [2.24, 2.45) is 0 Å². The predicted molar refractivity (Wildman–Crippen MR) is 82.4 cm³/mol. The molecule has 0 aliphatic heterocycles. The van der Waals surface area contributed by atoms with Crippen LogP contribution in [-0.2, 0) is 0 Å². The van der Waals surface area contributed by atoms with E-state index in [2.05, 4.69) is 62.1 Å². The van der Waals surface area contributed by atoms with Crippen LogP contribution in [0.1, 0.15) is 56.7 Å². The van der Waals surface area contributed by atoms with Crippen molar-refractivity contribution in [2.45, 2.75) is 50.8 Å². The summed E-state index contributed by atoms with van der Waals surface area (Å²) in [7, 11) is 0. The maximum atomic E-state index is 3.76. The van der Waals surface area contributed by atoms with Crippen molar-refractivity contribution in [3.63, 3.8) is 0 Å². The summed E-state index contributed by atoms with van der Waals surface area (Å²) in [4.78, 5) is 0. The van der Waals surface area contributed by atoms with Crippen LogP contribution in [0.25, 0.3) is 0 Å². The molecular weight excluding hydrogens is 238 g/mol. The predicted octanol–water partition coefficient (Wildman–Crippen LogP) is 4.36. The Hall–Kier alpha value is -0.470. The number of thioether (sulfide) groups is 1. The fourth-order valence-corrected chi connectivity index (χ4v) is 4.26. The van der Waals surface area contributed by atoms with Crippen molar-refractivity contribution >= 4 is 11.8 Å². The highest BCUT2D eigenvalue weighted by Crippen LogP contribution is 2.42. The third kappa shape index (κ3) is 2.92. The van der Waals surface area contributed by atoms with Crippen LogP contribution < -0.4 is 5.32 Å². The molecule has 0 bridgehead atoms. The van der Waals surface area contributed by atoms with E-state index in [9.17, 15) is 0 Å². The van der Waals surface area contributed by atoms with Gasteiger partial charge in [0.15, 0.2) is 0 Å². The van der Waals surface area contributed by atoms with E-state index in [1.165, 1.54) is 24.2 Å². The molecule has 0 radical (unpaired) electrons. The molecule has 0 aromatic heterocycles. The van der Waals surface area contributed by atoms with Crippen molar-refractivity contribution in [3.8, 4) is 0 Å². The minimum Gasteiger partial charge on any atom is -0.309 e. The van der Waals surface area contributed by atoms with Crippen molar-refractivity contribution in [2.75, 3.05) is 12.3 Å². The number of fused-ring (bicyclic) bond motifs is 1. The first-order chi connectivity index (χ1) is 8.77. The Labute approximate surface area is 116 Å². The lowest BCUT2D eigenvalue weighted by Gasteiger charge is -2.37. The van der Waals surface area contributed by atoms with Crippen LogP contribution in [-0.4, -0.2) is 17.5 Å². The molecule has 2 rings (SSSR count). The molecule has 1 aromatic rings. The standard InChI is InChI=1S/C16H25NS/c1-4-10-17-16-14-9-7-6-8-13(14)12(3)11-15(16)18-5-2/h6-9,12,15-17H,4-5,10-11H2,1-3H3. The SMILES string of the molecule is CCCNC1c2ccccc2C(C)CC1SCC. The Bertz CT molecular complexity index is 377. The molecular formula is C16H25NS. The zero-order chi connectivity index (χ0) is 13.0. The lowest BCUT2D eigenvalue weighted by atomic mass is 9.80. The molecule has 100 valence electrons. The van der Waals surface area contributed by atoms with E-state index < -0.39 is 0 Å². The van der Waals surface area contributed by atoms with Crippen LogP contribution in [0.5, 0.6) is 0 Å². The number of rotatable bonds is 5. The number of benzene rings is 1. The Morgan fingerprint density at radius 1 is 1.22 bits per heavy atom. The second-order valence-corrected chi connectivity index (χ2v) is 6.71. The Kier molecular flexibility index (Phi) is 5.13. The molecule has 3 unspecified atom stereocenters. The molecule has 0 heterocycles. The molecule has 0 fully saturated rings. The Balaban J connectivity index is 2.26. The van der Waals surface area contributed by atoms with Crippen LogP contribution in [0.15, 0.2) is 24.3 Å². The van der Waals surface area contributed by atoms with Gasteiger partial charge in [-0.05, 0) is 42.2 Å². The maximum absolute atomic E-state index is 3.76. The van der Waals surface area contributed by atoms with Crippen LogP contribution >= 0.6 is 11.8 Å². The molecule has 1 nitrogen and oxygen atoms in total. The molecule has 2 heteroatoms. The van der Waals surface area contributed by atoms with Gasteiger partial charge in [-0.1, -0.05) is 45.0 Å². The lowest BCUT2D eigenvalue weighted by Crippen LogP contribution is -2.35. The average Bonchev–Trinajstić information content (AvgIpc) is 2.39. The van der Waals surface area contributed by atoms with Gasteiger partial charge < -0.3 is 5.32 Å². The molecule has 1 aromatic carbocycles. The highest BCUT2D eigenvalue weighted by molar-refractivity contribution is 7.99. The lowest BCUT2D eigenvalue weighted by molar-refractivity contribution is 0.445. The van der Waals surface area contributed by atoms with Gasteiger partial charge >= 0.3 is 0 Å². The molecule has 1 aliphatic carbocycles. The molecule has 0 saturated heterocycles. The quantitative estimate of drug-likeness (QED) is 0.847. The summed E-state index contributed by atoms with van der Waals surface area (Å²) in [6.45, 7) is 8.01. The van der Waals surface area contributed by atoms with Gasteiger partial charge in [0.1, 0.15) is 0 Å². The molecule has 3 atom stereocenters. The van der Waals surface area contributed by atoms with Crippen LogP contribution in [0, 0.1) is 0 Å². The van der Waals surface area contributed by atoms with E-state index in [4.69, 9.17) is 0 Å². The fraction of sp³-hybridized carbons (Fsp3) is 0.625. The average molecular weight is 263 g/mol. The smallest absolute Gasteiger partial charge is 0.0443 e. The summed E-state index contributed by atoms with van der Waals surface area (Å²) in [6, 6.07) is 9.54. The van der Waals surface area contributed by atoms with E-state index in [1.807, 2.05) is 0 Å². The van der Waals surface area contributed by atoms with Crippen LogP contribution in [0.3, 0.4) is 0 Å². The third-order valence-electron chi connectivity index (χ3n) is 3.81. The fourth-order valence-electron chi connectivity index (χ4n) is 2.97. The third-order valence-corrected chi connectivity index (χ3v) is 5.04. The molecule has 18 heavy (non-hydrogen) atoms. The molecule has 1 N–H and O–H groups in total. The van der Waals surface area contributed by atoms with Crippen molar-refractivity contribution in [3.05, 3.63) is 35.4 Å². The summed E-state index contributed by atoms with van der Waals surface area (Å²) in [6.07, 6.45) is 2.51. The van der Waals surface area contributed by atoms with E-state index in [0.29, 0.717) is 12.0 Å². The highest BCUT2D eigenvalue weighted by Gasteiger charge is 2.32. The molecule has 1 aliphatic rings. The van der Waals surface area contributed by atoms with Crippen molar-refractivity contribution in [1.29, 1.82) is 0 Å². The Morgan fingerprint density at radius 2 is 1.94 bits per heavy atom. The maximum Gasteiger partial charge on any atom is 0.0443 e. The van der Waals surface area contributed by atoms with Gasteiger partial charge in [-0.2, -0.15) is 11.8 Å². The topological polar surface area (TPSA) is 12.0 Å². The number of nitrogens with one attached hydrogen (secondary N) is 1. The molecule has 0 saturated carbocycles. The minimum atomic E-state index is 0.544. The largest absolute Gasteiger partial charge is 0.309 e. The number of hydrogen-bond donors (Lipinski definition) is 1. The summed E-state index contributed by atoms with van der Waals surface area (Å²) in [5.74, 6) is 1.91. The number of hydrogen-bond acceptors (Lipinski definition) is 2. The van der Waals surface area contributed by atoms with Crippen LogP contribution in [0.4, 0.5) is 0 Å². The summed E-state index contributed by atoms with van der Waals surface area (Å²) < 4.78 is 0. The van der Waals surface area contributed by atoms with E-state index in [1.54, 1.807) is 5.56 Å². The summed E-state index contributed by atoms with van der Waals surface area (Å²) in [5, 5.41) is 4.49. The van der Waals surface area contributed by atoms with Gasteiger partial charge in [0.05, 0.1) is 0 Å².